The fourth-order valence-electron chi connectivity index (χ4n) is 4.24. The monoisotopic (exact) mass is 554 g/mol. The molecule has 2 aromatic carbocycles. The molecule has 0 aliphatic carbocycles. The van der Waals surface area contributed by atoms with Crippen molar-refractivity contribution < 1.29 is 19.1 Å². The van der Waals surface area contributed by atoms with Crippen LogP contribution in [-0.4, -0.2) is 60.7 Å². The Morgan fingerprint density at radius 1 is 1.13 bits per heavy atom. The number of rotatable bonds is 14. The number of unbranched alkanes of at least 4 members (excludes halogenated alkanes) is 1. The molecule has 11 heteroatoms. The summed E-state index contributed by atoms with van der Waals surface area (Å²) in [7, 11) is 1.60. The first-order valence-corrected chi connectivity index (χ1v) is 14.0. The van der Waals surface area contributed by atoms with Crippen molar-refractivity contribution in [3.8, 4) is 5.75 Å². The smallest absolute Gasteiger partial charge is 0.243 e. The SMILES string of the molecule is CCCCNC(=O)C[C@@H](NSc1ccc(OC)cc1)C(=O)N1CCC[C@H]1C(=O)NCc1ccc(C(=N)N)cc1. The van der Waals surface area contributed by atoms with Gasteiger partial charge in [0.25, 0.3) is 0 Å². The largest absolute Gasteiger partial charge is 0.497 e. The molecule has 0 unspecified atom stereocenters. The Morgan fingerprint density at radius 3 is 2.49 bits per heavy atom. The lowest BCUT2D eigenvalue weighted by Crippen LogP contribution is -2.52. The number of carbonyl (C=O) groups is 3. The Morgan fingerprint density at radius 2 is 1.85 bits per heavy atom. The zero-order valence-corrected chi connectivity index (χ0v) is 23.3. The zero-order valence-electron chi connectivity index (χ0n) is 22.5. The van der Waals surface area contributed by atoms with E-state index in [2.05, 4.69) is 15.4 Å². The van der Waals surface area contributed by atoms with Crippen LogP contribution < -0.4 is 25.8 Å². The van der Waals surface area contributed by atoms with Gasteiger partial charge in [-0.3, -0.25) is 19.8 Å². The standard InChI is InChI=1S/C28H38N6O4S/c1-3-4-15-31-25(35)17-23(33-39-22-13-11-21(38-2)12-14-22)28(37)34-16-5-6-24(34)27(36)32-18-19-7-9-20(10-8-19)26(29)30/h7-14,23-24,33H,3-6,15-18H2,1-2H3,(H3,29,30)(H,31,35)(H,32,36)/t23-,24+/m1/s1. The predicted octanol–water partition coefficient (Wildman–Crippen LogP) is 2.56. The van der Waals surface area contributed by atoms with E-state index in [9.17, 15) is 14.4 Å². The van der Waals surface area contributed by atoms with Crippen LogP contribution in [0.1, 0.15) is 50.2 Å². The minimum atomic E-state index is -0.800. The quantitative estimate of drug-likeness (QED) is 0.104. The number of nitrogens with zero attached hydrogens (tertiary/aromatic N) is 1. The Kier molecular flexibility index (Phi) is 11.6. The summed E-state index contributed by atoms with van der Waals surface area (Å²) in [6.45, 7) is 3.35. The molecule has 10 nitrogen and oxygen atoms in total. The number of carbonyl (C=O) groups excluding carboxylic acids is 3. The van der Waals surface area contributed by atoms with Gasteiger partial charge in [-0.1, -0.05) is 37.6 Å². The Labute approximate surface area is 234 Å². The minimum absolute atomic E-state index is 0.0157. The maximum Gasteiger partial charge on any atom is 0.243 e. The molecule has 6 N–H and O–H groups in total. The topological polar surface area (TPSA) is 150 Å². The molecule has 0 saturated carbocycles. The van der Waals surface area contributed by atoms with Gasteiger partial charge in [0.05, 0.1) is 13.5 Å². The Hall–Kier alpha value is -3.57. The number of amidine groups is 1. The van der Waals surface area contributed by atoms with Gasteiger partial charge in [-0.2, -0.15) is 0 Å². The van der Waals surface area contributed by atoms with E-state index in [1.165, 1.54) is 11.9 Å². The van der Waals surface area contributed by atoms with Gasteiger partial charge in [0.1, 0.15) is 23.7 Å². The van der Waals surface area contributed by atoms with E-state index < -0.39 is 12.1 Å². The van der Waals surface area contributed by atoms with E-state index in [-0.39, 0.29) is 30.0 Å². The van der Waals surface area contributed by atoms with Crippen molar-refractivity contribution in [3.63, 3.8) is 0 Å². The highest BCUT2D eigenvalue weighted by Crippen LogP contribution is 2.23. The van der Waals surface area contributed by atoms with E-state index in [1.807, 2.05) is 43.3 Å². The summed E-state index contributed by atoms with van der Waals surface area (Å²) in [5.41, 5.74) is 6.98. The third kappa shape index (κ3) is 9.00. The van der Waals surface area contributed by atoms with Crippen LogP contribution in [0.25, 0.3) is 0 Å². The van der Waals surface area contributed by atoms with Gasteiger partial charge < -0.3 is 26.0 Å². The van der Waals surface area contributed by atoms with Gasteiger partial charge in [0.15, 0.2) is 0 Å². The summed E-state index contributed by atoms with van der Waals surface area (Å²) in [6.07, 6.45) is 3.06. The number of hydrogen-bond donors (Lipinski definition) is 5. The molecular formula is C28H38N6O4S. The second kappa shape index (κ2) is 15.1. The molecule has 0 aromatic heterocycles. The molecule has 1 heterocycles. The molecule has 2 aromatic rings. The number of likely N-dealkylation sites (tertiary alicyclic amines) is 1. The minimum Gasteiger partial charge on any atom is -0.497 e. The highest BCUT2D eigenvalue weighted by molar-refractivity contribution is 7.97. The lowest BCUT2D eigenvalue weighted by atomic mass is 10.1. The van der Waals surface area contributed by atoms with Gasteiger partial charge in [-0.15, -0.1) is 0 Å². The van der Waals surface area contributed by atoms with Crippen LogP contribution in [0.15, 0.2) is 53.4 Å². The van der Waals surface area contributed by atoms with Gasteiger partial charge in [0, 0.05) is 30.1 Å². The van der Waals surface area contributed by atoms with Crippen molar-refractivity contribution in [2.75, 3.05) is 20.2 Å². The third-order valence-corrected chi connectivity index (χ3v) is 7.40. The molecule has 0 spiro atoms. The number of nitrogens with two attached hydrogens (primary N) is 1. The van der Waals surface area contributed by atoms with Crippen LogP contribution in [0.3, 0.4) is 0 Å². The van der Waals surface area contributed by atoms with Crippen molar-refractivity contribution in [2.24, 2.45) is 5.73 Å². The maximum absolute atomic E-state index is 13.7. The predicted molar refractivity (Wildman–Crippen MR) is 152 cm³/mol. The molecule has 0 bridgehead atoms. The average Bonchev–Trinajstić information content (AvgIpc) is 3.44. The summed E-state index contributed by atoms with van der Waals surface area (Å²) in [5, 5.41) is 13.3. The van der Waals surface area contributed by atoms with Gasteiger partial charge in [-0.05, 0) is 61.0 Å². The molecule has 39 heavy (non-hydrogen) atoms. The highest BCUT2D eigenvalue weighted by Gasteiger charge is 2.37. The Balaban J connectivity index is 1.65. The number of methoxy groups -OCH3 is 1. The van der Waals surface area contributed by atoms with Crippen LogP contribution in [0, 0.1) is 5.41 Å². The van der Waals surface area contributed by atoms with Crippen LogP contribution in [0.2, 0.25) is 0 Å². The van der Waals surface area contributed by atoms with Crippen molar-refractivity contribution in [2.45, 2.75) is 62.6 Å². The average molecular weight is 555 g/mol. The number of benzene rings is 2. The summed E-state index contributed by atoms with van der Waals surface area (Å²) < 4.78 is 8.37. The summed E-state index contributed by atoms with van der Waals surface area (Å²) in [5.74, 6) is -0.00421. The molecule has 1 aliphatic heterocycles. The van der Waals surface area contributed by atoms with Crippen LogP contribution >= 0.6 is 11.9 Å². The first kappa shape index (κ1) is 30.0. The Bertz CT molecular complexity index is 1130. The molecular weight excluding hydrogens is 516 g/mol. The van der Waals surface area contributed by atoms with E-state index in [0.717, 1.165) is 29.1 Å². The highest BCUT2D eigenvalue weighted by atomic mass is 32.2. The number of hydrogen-bond acceptors (Lipinski definition) is 7. The normalized spacial score (nSPS) is 15.4. The van der Waals surface area contributed by atoms with Crippen LogP contribution in [0.4, 0.5) is 0 Å². The summed E-state index contributed by atoms with van der Waals surface area (Å²) in [4.78, 5) is 41.8. The molecule has 1 saturated heterocycles. The molecule has 1 fully saturated rings. The van der Waals surface area contributed by atoms with E-state index >= 15 is 0 Å². The maximum atomic E-state index is 13.7. The second-order valence-electron chi connectivity index (χ2n) is 9.37. The van der Waals surface area contributed by atoms with Gasteiger partial charge in [-0.25, -0.2) is 4.72 Å². The first-order valence-electron chi connectivity index (χ1n) is 13.2. The summed E-state index contributed by atoms with van der Waals surface area (Å²) in [6, 6.07) is 13.1. The van der Waals surface area contributed by atoms with Gasteiger partial charge in [0.2, 0.25) is 17.7 Å². The van der Waals surface area contributed by atoms with E-state index in [0.29, 0.717) is 38.0 Å². The first-order chi connectivity index (χ1) is 18.8. The van der Waals surface area contributed by atoms with E-state index in [4.69, 9.17) is 15.9 Å². The fraction of sp³-hybridized carbons (Fsp3) is 0.429. The van der Waals surface area contributed by atoms with Crippen LogP contribution in [0.5, 0.6) is 5.75 Å². The molecule has 210 valence electrons. The number of nitrogen functional groups attached to an aromatic ring is 1. The molecule has 0 radical (unpaired) electrons. The molecule has 3 amide bonds. The molecule has 2 atom stereocenters. The van der Waals surface area contributed by atoms with Crippen molar-refractivity contribution >= 4 is 35.5 Å². The number of nitrogens with one attached hydrogen (secondary N) is 4. The number of ether oxygens (including phenoxy) is 1. The summed E-state index contributed by atoms with van der Waals surface area (Å²) >= 11 is 1.27. The number of amides is 3. The lowest BCUT2D eigenvalue weighted by Gasteiger charge is -2.28. The van der Waals surface area contributed by atoms with Crippen LogP contribution in [-0.2, 0) is 20.9 Å². The molecule has 1 aliphatic rings. The second-order valence-corrected chi connectivity index (χ2v) is 10.3. The zero-order chi connectivity index (χ0) is 28.2. The van der Waals surface area contributed by atoms with E-state index in [1.54, 1.807) is 24.1 Å². The third-order valence-electron chi connectivity index (χ3n) is 6.49. The lowest BCUT2D eigenvalue weighted by molar-refractivity contribution is -0.140. The van der Waals surface area contributed by atoms with Crippen molar-refractivity contribution in [3.05, 3.63) is 59.7 Å². The van der Waals surface area contributed by atoms with Gasteiger partial charge >= 0.3 is 0 Å². The van der Waals surface area contributed by atoms with Crippen molar-refractivity contribution in [1.82, 2.24) is 20.3 Å². The molecule has 3 rings (SSSR count). The fourth-order valence-corrected chi connectivity index (χ4v) is 4.97. The van der Waals surface area contributed by atoms with Crippen molar-refractivity contribution in [1.29, 1.82) is 5.41 Å².